The van der Waals surface area contributed by atoms with Gasteiger partial charge < -0.3 is 26.7 Å². The van der Waals surface area contributed by atoms with Gasteiger partial charge in [0.15, 0.2) is 5.17 Å². The van der Waals surface area contributed by atoms with E-state index in [0.29, 0.717) is 42.4 Å². The standard InChI is InChI=1S/C31H37N7O2S/c1-21(25-10-5-8-23-7-3-4-9-26(23)25)37-30(40)27(11-6-18-41-31(32)33-2)38-29(39)24-14-12-22(13-15-24)19-34-20-28-35-16-17-36-28/h3-5,7-10,12-17,21,27,34H,6,11,18-20H2,1-2H3,(H2,32,33)(H,35,36)(H,37,40)(H,38,39)/t21-,27-/m0/s1. The molecule has 4 aromatic rings. The highest BCUT2D eigenvalue weighted by molar-refractivity contribution is 8.13. The predicted molar refractivity (Wildman–Crippen MR) is 167 cm³/mol. The summed E-state index contributed by atoms with van der Waals surface area (Å²) < 4.78 is 0. The van der Waals surface area contributed by atoms with E-state index in [1.807, 2.05) is 43.3 Å². The van der Waals surface area contributed by atoms with Gasteiger partial charge in [0.2, 0.25) is 5.91 Å². The molecule has 0 unspecified atom stereocenters. The number of fused-ring (bicyclic) bond motifs is 1. The molecule has 1 aromatic heterocycles. The first-order valence-corrected chi connectivity index (χ1v) is 14.6. The van der Waals surface area contributed by atoms with Crippen LogP contribution in [-0.2, 0) is 17.9 Å². The highest BCUT2D eigenvalue weighted by atomic mass is 32.2. The molecule has 9 nitrogen and oxygen atoms in total. The number of amidine groups is 1. The Morgan fingerprint density at radius 2 is 1.80 bits per heavy atom. The summed E-state index contributed by atoms with van der Waals surface area (Å²) in [6.07, 6.45) is 4.66. The van der Waals surface area contributed by atoms with Gasteiger partial charge in [-0.25, -0.2) is 4.98 Å². The Balaban J connectivity index is 1.39. The third kappa shape index (κ3) is 8.67. The summed E-state index contributed by atoms with van der Waals surface area (Å²) in [5.74, 6) is 1.05. The number of H-pyrrole nitrogens is 1. The van der Waals surface area contributed by atoms with Crippen LogP contribution in [0, 0.1) is 0 Å². The minimum absolute atomic E-state index is 0.223. The number of benzene rings is 3. The van der Waals surface area contributed by atoms with Gasteiger partial charge in [-0.2, -0.15) is 0 Å². The topological polar surface area (TPSA) is 137 Å². The number of imidazole rings is 1. The normalized spacial score (nSPS) is 13.1. The second kappa shape index (κ2) is 15.0. The van der Waals surface area contributed by atoms with Gasteiger partial charge in [0.25, 0.3) is 5.91 Å². The lowest BCUT2D eigenvalue weighted by molar-refractivity contribution is -0.123. The monoisotopic (exact) mass is 571 g/mol. The van der Waals surface area contributed by atoms with E-state index >= 15 is 0 Å². The zero-order valence-electron chi connectivity index (χ0n) is 23.4. The molecule has 10 heteroatoms. The van der Waals surface area contributed by atoms with E-state index in [2.05, 4.69) is 49.1 Å². The summed E-state index contributed by atoms with van der Waals surface area (Å²) in [7, 11) is 1.65. The first-order valence-electron chi connectivity index (χ1n) is 13.7. The molecular weight excluding hydrogens is 534 g/mol. The first-order chi connectivity index (χ1) is 19.9. The van der Waals surface area contributed by atoms with Crippen molar-refractivity contribution in [3.8, 4) is 0 Å². The number of aliphatic imine (C=N–C) groups is 1. The molecule has 0 aliphatic heterocycles. The third-order valence-corrected chi connectivity index (χ3v) is 7.74. The Hall–Kier alpha value is -4.15. The summed E-state index contributed by atoms with van der Waals surface area (Å²) in [4.78, 5) is 37.9. The van der Waals surface area contributed by atoms with E-state index in [1.165, 1.54) is 11.8 Å². The van der Waals surface area contributed by atoms with Crippen LogP contribution in [0.15, 0.2) is 84.1 Å². The fourth-order valence-electron chi connectivity index (χ4n) is 4.55. The molecule has 6 N–H and O–H groups in total. The van der Waals surface area contributed by atoms with Crippen LogP contribution in [0.25, 0.3) is 10.8 Å². The van der Waals surface area contributed by atoms with Crippen LogP contribution >= 0.6 is 11.8 Å². The van der Waals surface area contributed by atoms with Crippen molar-refractivity contribution in [1.29, 1.82) is 0 Å². The molecule has 3 aromatic carbocycles. The largest absolute Gasteiger partial charge is 0.379 e. The number of rotatable bonds is 13. The molecule has 4 rings (SSSR count). The van der Waals surface area contributed by atoms with Crippen molar-refractivity contribution in [2.24, 2.45) is 10.7 Å². The Labute approximate surface area is 244 Å². The predicted octanol–water partition coefficient (Wildman–Crippen LogP) is 4.29. The van der Waals surface area contributed by atoms with Gasteiger partial charge in [-0.05, 0) is 53.8 Å². The van der Waals surface area contributed by atoms with Gasteiger partial charge >= 0.3 is 0 Å². The van der Waals surface area contributed by atoms with Gasteiger partial charge in [0.1, 0.15) is 11.9 Å². The third-order valence-electron chi connectivity index (χ3n) is 6.77. The van der Waals surface area contributed by atoms with Crippen molar-refractivity contribution in [3.63, 3.8) is 0 Å². The summed E-state index contributed by atoms with van der Waals surface area (Å²) in [5.41, 5.74) is 8.37. The SMILES string of the molecule is CN=C(N)SCCC[C@H](NC(=O)c1ccc(CNCc2ncc[nH]2)cc1)C(=O)N[C@@H](C)c1cccc2ccccc12. The summed E-state index contributed by atoms with van der Waals surface area (Å²) >= 11 is 1.44. The molecule has 0 radical (unpaired) electrons. The molecule has 0 bridgehead atoms. The Morgan fingerprint density at radius 3 is 2.56 bits per heavy atom. The molecule has 0 saturated carbocycles. The van der Waals surface area contributed by atoms with E-state index in [1.54, 1.807) is 31.6 Å². The van der Waals surface area contributed by atoms with E-state index in [4.69, 9.17) is 5.73 Å². The fourth-order valence-corrected chi connectivity index (χ4v) is 5.20. The number of carbonyl (C=O) groups excluding carboxylic acids is 2. The van der Waals surface area contributed by atoms with E-state index in [-0.39, 0.29) is 17.9 Å². The van der Waals surface area contributed by atoms with Crippen LogP contribution in [0.1, 0.15) is 53.1 Å². The number of carbonyl (C=O) groups is 2. The second-order valence-electron chi connectivity index (χ2n) is 9.71. The number of thioether (sulfide) groups is 1. The van der Waals surface area contributed by atoms with Gasteiger partial charge in [-0.1, -0.05) is 66.4 Å². The lowest BCUT2D eigenvalue weighted by Crippen LogP contribution is -2.47. The molecule has 0 spiro atoms. The fraction of sp³-hybridized carbons (Fsp3) is 0.290. The average Bonchev–Trinajstić information content (AvgIpc) is 3.52. The molecule has 2 amide bonds. The van der Waals surface area contributed by atoms with Crippen molar-refractivity contribution in [3.05, 3.63) is 102 Å². The number of hydrogen-bond donors (Lipinski definition) is 5. The smallest absolute Gasteiger partial charge is 0.251 e. The average molecular weight is 572 g/mol. The molecule has 1 heterocycles. The van der Waals surface area contributed by atoms with Crippen LogP contribution < -0.4 is 21.7 Å². The zero-order chi connectivity index (χ0) is 29.0. The maximum atomic E-state index is 13.5. The highest BCUT2D eigenvalue weighted by Gasteiger charge is 2.23. The van der Waals surface area contributed by atoms with Crippen molar-refractivity contribution >= 4 is 39.5 Å². The highest BCUT2D eigenvalue weighted by Crippen LogP contribution is 2.24. The molecule has 41 heavy (non-hydrogen) atoms. The van der Waals surface area contributed by atoms with Gasteiger partial charge in [-0.3, -0.25) is 14.6 Å². The lowest BCUT2D eigenvalue weighted by atomic mass is 9.99. The number of aromatic amines is 1. The molecule has 0 aliphatic carbocycles. The van der Waals surface area contributed by atoms with Gasteiger partial charge in [0, 0.05) is 37.3 Å². The minimum atomic E-state index is -0.699. The molecule has 0 saturated heterocycles. The molecule has 214 valence electrons. The van der Waals surface area contributed by atoms with E-state index in [0.717, 1.165) is 27.7 Å². The number of hydrogen-bond acceptors (Lipinski definition) is 6. The zero-order valence-corrected chi connectivity index (χ0v) is 24.2. The van der Waals surface area contributed by atoms with Gasteiger partial charge in [0.05, 0.1) is 12.6 Å². The van der Waals surface area contributed by atoms with E-state index in [9.17, 15) is 9.59 Å². The van der Waals surface area contributed by atoms with Crippen molar-refractivity contribution in [2.45, 2.75) is 44.9 Å². The summed E-state index contributed by atoms with van der Waals surface area (Å²) in [6, 6.07) is 20.6. The van der Waals surface area contributed by atoms with Crippen molar-refractivity contribution in [2.75, 3.05) is 12.8 Å². The molecule has 0 aliphatic rings. The van der Waals surface area contributed by atoms with Crippen LogP contribution in [0.4, 0.5) is 0 Å². The second-order valence-corrected chi connectivity index (χ2v) is 10.8. The van der Waals surface area contributed by atoms with Crippen molar-refractivity contribution in [1.82, 2.24) is 25.9 Å². The number of nitrogens with zero attached hydrogens (tertiary/aromatic N) is 2. The Morgan fingerprint density at radius 1 is 1.02 bits per heavy atom. The lowest BCUT2D eigenvalue weighted by Gasteiger charge is -2.22. The summed E-state index contributed by atoms with van der Waals surface area (Å²) in [6.45, 7) is 3.23. The maximum absolute atomic E-state index is 13.5. The number of nitrogens with one attached hydrogen (secondary N) is 4. The van der Waals surface area contributed by atoms with Crippen LogP contribution in [0.3, 0.4) is 0 Å². The maximum Gasteiger partial charge on any atom is 0.251 e. The van der Waals surface area contributed by atoms with E-state index < -0.39 is 6.04 Å². The number of nitrogens with two attached hydrogens (primary N) is 1. The Kier molecular flexibility index (Phi) is 10.9. The minimum Gasteiger partial charge on any atom is -0.379 e. The molecular formula is C31H37N7O2S. The van der Waals surface area contributed by atoms with Crippen molar-refractivity contribution < 1.29 is 9.59 Å². The van der Waals surface area contributed by atoms with Crippen LogP contribution in [-0.4, -0.2) is 45.8 Å². The summed E-state index contributed by atoms with van der Waals surface area (Å²) in [5, 5.41) is 12.1. The molecule has 0 fully saturated rings. The van der Waals surface area contributed by atoms with Crippen LogP contribution in [0.5, 0.6) is 0 Å². The van der Waals surface area contributed by atoms with Gasteiger partial charge in [-0.15, -0.1) is 0 Å². The Bertz CT molecular complexity index is 1450. The molecule has 2 atom stereocenters. The first kappa shape index (κ1) is 29.8. The number of amides is 2. The number of aromatic nitrogens is 2. The quantitative estimate of drug-likeness (QED) is 0.0923. The van der Waals surface area contributed by atoms with Crippen LogP contribution in [0.2, 0.25) is 0 Å².